The summed E-state index contributed by atoms with van der Waals surface area (Å²) in [5, 5.41) is 0. The molecule has 1 saturated heterocycles. The first-order chi connectivity index (χ1) is 14.4. The van der Waals surface area contributed by atoms with Crippen molar-refractivity contribution in [3.63, 3.8) is 0 Å². The van der Waals surface area contributed by atoms with Crippen LogP contribution in [-0.2, 0) is 30.2 Å². The highest BCUT2D eigenvalue weighted by atomic mass is 16.5. The van der Waals surface area contributed by atoms with Crippen LogP contribution >= 0.6 is 0 Å². The van der Waals surface area contributed by atoms with Crippen LogP contribution in [0.1, 0.15) is 52.5 Å². The number of likely N-dealkylation sites (tertiary alicyclic amines) is 1. The zero-order valence-electron chi connectivity index (χ0n) is 18.3. The number of carbonyl (C=O) groups is 1. The number of carbonyl (C=O) groups excluding carboxylic acids is 1. The average Bonchev–Trinajstić information content (AvgIpc) is 2.76. The summed E-state index contributed by atoms with van der Waals surface area (Å²) in [6, 6.07) is 7.90. The SMILES string of the molecule is CCc1c(C)cc(C(=O)N2CCC3(CC2)OCCc2cccc(OC)c23)c(=O)n1C. The normalized spacial score (nSPS) is 17.7. The number of amides is 1. The largest absolute Gasteiger partial charge is 0.496 e. The third-order valence-electron chi connectivity index (χ3n) is 6.72. The minimum Gasteiger partial charge on any atom is -0.496 e. The number of benzene rings is 1. The average molecular weight is 411 g/mol. The second-order valence-electron chi connectivity index (χ2n) is 8.28. The van der Waals surface area contributed by atoms with Crippen molar-refractivity contribution in [2.75, 3.05) is 26.8 Å². The van der Waals surface area contributed by atoms with Gasteiger partial charge in [0.15, 0.2) is 0 Å². The molecule has 0 aliphatic carbocycles. The van der Waals surface area contributed by atoms with Gasteiger partial charge < -0.3 is 18.9 Å². The molecule has 0 atom stereocenters. The summed E-state index contributed by atoms with van der Waals surface area (Å²) >= 11 is 0. The quantitative estimate of drug-likeness (QED) is 0.781. The highest BCUT2D eigenvalue weighted by molar-refractivity contribution is 5.94. The number of aryl methyl sites for hydroxylation is 1. The fourth-order valence-electron chi connectivity index (χ4n) is 5.13. The van der Waals surface area contributed by atoms with Gasteiger partial charge in [0, 0.05) is 31.4 Å². The fraction of sp³-hybridized carbons (Fsp3) is 0.500. The van der Waals surface area contributed by atoms with Gasteiger partial charge in [-0.3, -0.25) is 9.59 Å². The molecule has 2 aliphatic heterocycles. The number of nitrogens with zero attached hydrogens (tertiary/aromatic N) is 2. The van der Waals surface area contributed by atoms with Crippen LogP contribution in [0.15, 0.2) is 29.1 Å². The number of pyridine rings is 1. The minimum atomic E-state index is -0.427. The van der Waals surface area contributed by atoms with Gasteiger partial charge in [-0.1, -0.05) is 19.1 Å². The lowest BCUT2D eigenvalue weighted by Gasteiger charge is -2.45. The molecule has 0 saturated carbocycles. The predicted molar refractivity (Wildman–Crippen MR) is 115 cm³/mol. The Kier molecular flexibility index (Phi) is 5.45. The summed E-state index contributed by atoms with van der Waals surface area (Å²) in [6.07, 6.45) is 3.02. The van der Waals surface area contributed by atoms with Gasteiger partial charge >= 0.3 is 0 Å². The van der Waals surface area contributed by atoms with Gasteiger partial charge in [0.2, 0.25) is 0 Å². The van der Waals surface area contributed by atoms with E-state index < -0.39 is 5.60 Å². The number of piperidine rings is 1. The van der Waals surface area contributed by atoms with E-state index in [-0.39, 0.29) is 17.0 Å². The highest BCUT2D eigenvalue weighted by Crippen LogP contribution is 2.45. The third-order valence-corrected chi connectivity index (χ3v) is 6.72. The van der Waals surface area contributed by atoms with Crippen LogP contribution in [0.5, 0.6) is 5.75 Å². The third kappa shape index (κ3) is 3.23. The summed E-state index contributed by atoms with van der Waals surface area (Å²) in [4.78, 5) is 27.8. The zero-order valence-corrected chi connectivity index (χ0v) is 18.3. The Hall–Kier alpha value is -2.60. The number of fused-ring (bicyclic) bond motifs is 2. The Morgan fingerprint density at radius 1 is 1.27 bits per heavy atom. The molecule has 160 valence electrons. The maximum Gasteiger partial charge on any atom is 0.263 e. The second kappa shape index (κ2) is 7.91. The first-order valence-corrected chi connectivity index (χ1v) is 10.7. The van der Waals surface area contributed by atoms with Crippen molar-refractivity contribution < 1.29 is 14.3 Å². The van der Waals surface area contributed by atoms with Crippen molar-refractivity contribution >= 4 is 5.91 Å². The van der Waals surface area contributed by atoms with E-state index in [1.165, 1.54) is 5.56 Å². The summed E-state index contributed by atoms with van der Waals surface area (Å²) in [6.45, 7) is 5.75. The van der Waals surface area contributed by atoms with E-state index in [9.17, 15) is 9.59 Å². The Morgan fingerprint density at radius 2 is 2.00 bits per heavy atom. The van der Waals surface area contributed by atoms with E-state index in [2.05, 4.69) is 6.07 Å². The van der Waals surface area contributed by atoms with Gasteiger partial charge in [-0.2, -0.15) is 0 Å². The molecule has 4 rings (SSSR count). The molecule has 0 unspecified atom stereocenters. The lowest BCUT2D eigenvalue weighted by atomic mass is 9.78. The van der Waals surface area contributed by atoms with Crippen molar-refractivity contribution in [2.45, 2.75) is 45.1 Å². The van der Waals surface area contributed by atoms with Crippen molar-refractivity contribution in [1.82, 2.24) is 9.47 Å². The Labute approximate surface area is 177 Å². The summed E-state index contributed by atoms with van der Waals surface area (Å²) in [5.41, 5.74) is 3.95. The molecule has 6 nitrogen and oxygen atoms in total. The van der Waals surface area contributed by atoms with E-state index in [0.29, 0.717) is 32.5 Å². The van der Waals surface area contributed by atoms with Gasteiger partial charge in [0.1, 0.15) is 16.9 Å². The van der Waals surface area contributed by atoms with Crippen LogP contribution in [-0.4, -0.2) is 42.2 Å². The highest BCUT2D eigenvalue weighted by Gasteiger charge is 2.44. The lowest BCUT2D eigenvalue weighted by Crippen LogP contribution is -2.49. The van der Waals surface area contributed by atoms with Crippen LogP contribution in [0.25, 0.3) is 0 Å². The molecule has 1 spiro atoms. The zero-order chi connectivity index (χ0) is 21.5. The van der Waals surface area contributed by atoms with E-state index in [1.807, 2.05) is 26.0 Å². The standard InChI is InChI=1S/C24H30N2O4/c1-5-19-16(2)15-18(22(27)25(19)3)23(28)26-12-10-24(11-13-26)21-17(9-14-30-24)7-6-8-20(21)29-4/h6-8,15H,5,9-14H2,1-4H3. The smallest absolute Gasteiger partial charge is 0.263 e. The first-order valence-electron chi connectivity index (χ1n) is 10.7. The molecule has 1 fully saturated rings. The minimum absolute atomic E-state index is 0.188. The van der Waals surface area contributed by atoms with Gasteiger partial charge in [-0.25, -0.2) is 0 Å². The van der Waals surface area contributed by atoms with Crippen LogP contribution in [0.2, 0.25) is 0 Å². The molecule has 0 N–H and O–H groups in total. The first kappa shape index (κ1) is 20.7. The van der Waals surface area contributed by atoms with Crippen LogP contribution < -0.4 is 10.3 Å². The second-order valence-corrected chi connectivity index (χ2v) is 8.28. The van der Waals surface area contributed by atoms with Crippen molar-refractivity contribution in [2.24, 2.45) is 7.05 Å². The maximum absolute atomic E-state index is 13.2. The molecular weight excluding hydrogens is 380 g/mol. The number of aromatic nitrogens is 1. The molecule has 1 aromatic carbocycles. The Morgan fingerprint density at radius 3 is 2.67 bits per heavy atom. The molecule has 0 bridgehead atoms. The van der Waals surface area contributed by atoms with Gasteiger partial charge in [-0.05, 0) is 55.9 Å². The van der Waals surface area contributed by atoms with Crippen LogP contribution in [0.3, 0.4) is 0 Å². The number of hydrogen-bond donors (Lipinski definition) is 0. The monoisotopic (exact) mass is 410 g/mol. The predicted octanol–water partition coefficient (Wildman–Crippen LogP) is 2.97. The summed E-state index contributed by atoms with van der Waals surface area (Å²) in [7, 11) is 3.43. The molecule has 3 heterocycles. The summed E-state index contributed by atoms with van der Waals surface area (Å²) in [5.74, 6) is 0.666. The van der Waals surface area contributed by atoms with Crippen LogP contribution in [0, 0.1) is 6.92 Å². The number of methoxy groups -OCH3 is 1. The number of ether oxygens (including phenoxy) is 2. The van der Waals surface area contributed by atoms with Crippen molar-refractivity contribution in [3.8, 4) is 5.75 Å². The number of rotatable bonds is 3. The van der Waals surface area contributed by atoms with Gasteiger partial charge in [0.05, 0.1) is 13.7 Å². The van der Waals surface area contributed by atoms with E-state index in [0.717, 1.165) is 35.4 Å². The van der Waals surface area contributed by atoms with E-state index in [1.54, 1.807) is 29.7 Å². The van der Waals surface area contributed by atoms with E-state index in [4.69, 9.17) is 9.47 Å². The molecule has 30 heavy (non-hydrogen) atoms. The van der Waals surface area contributed by atoms with E-state index >= 15 is 0 Å². The van der Waals surface area contributed by atoms with Gasteiger partial charge in [-0.15, -0.1) is 0 Å². The van der Waals surface area contributed by atoms with Crippen molar-refractivity contribution in [1.29, 1.82) is 0 Å². The molecule has 0 radical (unpaired) electrons. The Bertz CT molecular complexity index is 1020. The van der Waals surface area contributed by atoms with Gasteiger partial charge in [0.25, 0.3) is 11.5 Å². The van der Waals surface area contributed by atoms with Crippen LogP contribution in [0.4, 0.5) is 0 Å². The fourth-order valence-corrected chi connectivity index (χ4v) is 5.13. The molecule has 2 aromatic rings. The molecule has 1 aromatic heterocycles. The molecule has 1 amide bonds. The molecule has 6 heteroatoms. The topological polar surface area (TPSA) is 60.8 Å². The lowest BCUT2D eigenvalue weighted by molar-refractivity contribution is -0.0946. The maximum atomic E-state index is 13.2. The molecular formula is C24H30N2O4. The number of hydrogen-bond acceptors (Lipinski definition) is 4. The summed E-state index contributed by atoms with van der Waals surface area (Å²) < 4.78 is 13.6. The molecule has 2 aliphatic rings. The van der Waals surface area contributed by atoms with Crippen molar-refractivity contribution in [3.05, 3.63) is 62.6 Å². The Balaban J connectivity index is 1.60.